The third-order valence-electron chi connectivity index (χ3n) is 7.29. The van der Waals surface area contributed by atoms with Crippen LogP contribution >= 0.6 is 11.3 Å². The number of amides is 1. The molecule has 34 heavy (non-hydrogen) atoms. The highest BCUT2D eigenvalue weighted by Crippen LogP contribution is 2.55. The molecule has 0 unspecified atom stereocenters. The number of allylic oxidation sites excluding steroid dienone is 1. The van der Waals surface area contributed by atoms with E-state index in [9.17, 15) is 39.9 Å². The average molecular weight is 483 g/mol. The summed E-state index contributed by atoms with van der Waals surface area (Å²) in [4.78, 5) is 39.1. The van der Waals surface area contributed by atoms with Crippen molar-refractivity contribution in [3.8, 4) is 16.2 Å². The molecular formula is C24H21NO8S. The monoisotopic (exact) mass is 483 g/mol. The van der Waals surface area contributed by atoms with Gasteiger partial charge in [0.05, 0.1) is 11.7 Å². The number of thiophene rings is 1. The molecule has 0 spiro atoms. The predicted octanol–water partition coefficient (Wildman–Crippen LogP) is 1.84. The number of aliphatic hydroxyl groups is 4. The maximum atomic E-state index is 13.6. The van der Waals surface area contributed by atoms with Crippen molar-refractivity contribution in [1.29, 1.82) is 0 Å². The number of ketones is 2. The molecule has 7 N–H and O–H groups in total. The molecule has 0 radical (unpaired) electrons. The number of phenols is 1. The molecule has 3 aliphatic carbocycles. The SMILES string of the molecule is C[C@H]1c2ccc(-c3cccs3)c(O)c2C(=O)C2=C(O)[C@]3(O)C(=O)C(C(N)=O)=C(O)C[C@@H]3[C@@H](O)[C@@H]21. The van der Waals surface area contributed by atoms with E-state index in [-0.39, 0.29) is 11.3 Å². The zero-order chi connectivity index (χ0) is 24.7. The largest absolute Gasteiger partial charge is 0.511 e. The topological polar surface area (TPSA) is 178 Å². The molecule has 0 saturated heterocycles. The third kappa shape index (κ3) is 2.64. The normalized spacial score (nSPS) is 30.7. The molecule has 1 aromatic carbocycles. The number of aliphatic hydroxyl groups excluding tert-OH is 3. The number of primary amides is 1. The van der Waals surface area contributed by atoms with Gasteiger partial charge in [-0.15, -0.1) is 11.3 Å². The van der Waals surface area contributed by atoms with Crippen LogP contribution in [0, 0.1) is 11.8 Å². The highest BCUT2D eigenvalue weighted by molar-refractivity contribution is 7.13. The van der Waals surface area contributed by atoms with E-state index < -0.39 is 76.0 Å². The van der Waals surface area contributed by atoms with Crippen LogP contribution in [0.2, 0.25) is 0 Å². The van der Waals surface area contributed by atoms with Crippen molar-refractivity contribution in [3.05, 3.63) is 63.4 Å². The first-order chi connectivity index (χ1) is 16.0. The van der Waals surface area contributed by atoms with Gasteiger partial charge in [0.25, 0.3) is 5.91 Å². The quantitative estimate of drug-likeness (QED) is 0.350. The Labute approximate surface area is 197 Å². The number of Topliss-reactive ketones (excluding diaryl/α,β-unsaturated/α-hetero) is 2. The molecule has 10 heteroatoms. The van der Waals surface area contributed by atoms with Crippen LogP contribution in [0.25, 0.3) is 10.4 Å². The smallest absolute Gasteiger partial charge is 0.255 e. The van der Waals surface area contributed by atoms with Gasteiger partial charge in [0, 0.05) is 34.3 Å². The zero-order valence-electron chi connectivity index (χ0n) is 17.8. The Hall–Kier alpha value is -3.47. The Bertz CT molecular complexity index is 1340. The van der Waals surface area contributed by atoms with E-state index in [2.05, 4.69) is 0 Å². The fraction of sp³-hybridized carbons (Fsp3) is 0.292. The molecule has 0 fully saturated rings. The zero-order valence-corrected chi connectivity index (χ0v) is 18.7. The van der Waals surface area contributed by atoms with E-state index in [1.807, 2.05) is 5.38 Å². The van der Waals surface area contributed by atoms with E-state index in [1.165, 1.54) is 11.3 Å². The fourth-order valence-electron chi connectivity index (χ4n) is 5.63. The summed E-state index contributed by atoms with van der Waals surface area (Å²) in [6.45, 7) is 1.69. The van der Waals surface area contributed by atoms with Crippen molar-refractivity contribution in [2.24, 2.45) is 17.6 Å². The summed E-state index contributed by atoms with van der Waals surface area (Å²) in [6.07, 6.45) is -2.05. The van der Waals surface area contributed by atoms with E-state index in [0.717, 1.165) is 0 Å². The summed E-state index contributed by atoms with van der Waals surface area (Å²) >= 11 is 1.35. The minimum atomic E-state index is -2.84. The van der Waals surface area contributed by atoms with E-state index in [0.29, 0.717) is 16.0 Å². The summed E-state index contributed by atoms with van der Waals surface area (Å²) in [6, 6.07) is 6.89. The summed E-state index contributed by atoms with van der Waals surface area (Å²) in [5, 5.41) is 56.7. The molecule has 0 bridgehead atoms. The number of hydrogen-bond acceptors (Lipinski definition) is 9. The first-order valence-electron chi connectivity index (χ1n) is 10.6. The number of fused-ring (bicyclic) bond motifs is 3. The average Bonchev–Trinajstić information content (AvgIpc) is 3.31. The molecule has 1 amide bonds. The van der Waals surface area contributed by atoms with Gasteiger partial charge < -0.3 is 31.3 Å². The first kappa shape index (κ1) is 22.3. The van der Waals surface area contributed by atoms with Crippen LogP contribution in [-0.4, -0.2) is 54.7 Å². The van der Waals surface area contributed by atoms with Crippen LogP contribution in [0.5, 0.6) is 5.75 Å². The van der Waals surface area contributed by atoms with Gasteiger partial charge in [0.2, 0.25) is 5.78 Å². The van der Waals surface area contributed by atoms with Gasteiger partial charge >= 0.3 is 0 Å². The Kier molecular flexibility index (Phi) is 4.77. The third-order valence-corrected chi connectivity index (χ3v) is 8.19. The second-order valence-corrected chi connectivity index (χ2v) is 9.84. The molecule has 1 aromatic heterocycles. The van der Waals surface area contributed by atoms with Crippen LogP contribution < -0.4 is 5.73 Å². The summed E-state index contributed by atoms with van der Waals surface area (Å²) in [7, 11) is 0. The van der Waals surface area contributed by atoms with E-state index in [1.54, 1.807) is 31.2 Å². The Balaban J connectivity index is 1.75. The maximum absolute atomic E-state index is 13.6. The van der Waals surface area contributed by atoms with E-state index in [4.69, 9.17) is 5.73 Å². The van der Waals surface area contributed by atoms with Crippen molar-refractivity contribution < 1.29 is 39.9 Å². The Morgan fingerprint density at radius 1 is 1.18 bits per heavy atom. The lowest BCUT2D eigenvalue weighted by Gasteiger charge is -2.50. The molecule has 0 aliphatic heterocycles. The number of carbonyl (C=O) groups excluding carboxylic acids is 3. The molecule has 3 aliphatic rings. The van der Waals surface area contributed by atoms with Gasteiger partial charge in [0.1, 0.15) is 22.8 Å². The molecule has 5 rings (SSSR count). The van der Waals surface area contributed by atoms with Crippen molar-refractivity contribution >= 4 is 28.8 Å². The van der Waals surface area contributed by atoms with Gasteiger partial charge in [-0.1, -0.05) is 19.1 Å². The number of aromatic hydroxyl groups is 1. The number of hydrogen-bond donors (Lipinski definition) is 6. The van der Waals surface area contributed by atoms with Crippen LogP contribution in [0.4, 0.5) is 0 Å². The Morgan fingerprint density at radius 3 is 2.50 bits per heavy atom. The van der Waals surface area contributed by atoms with Crippen LogP contribution in [-0.2, 0) is 9.59 Å². The number of nitrogens with two attached hydrogens (primary N) is 1. The number of benzene rings is 1. The second-order valence-electron chi connectivity index (χ2n) is 8.89. The van der Waals surface area contributed by atoms with Gasteiger partial charge in [-0.2, -0.15) is 0 Å². The van der Waals surface area contributed by atoms with E-state index >= 15 is 0 Å². The molecule has 2 aromatic rings. The number of phenolic OH excluding ortho intramolecular Hbond substituents is 1. The lowest BCUT2D eigenvalue weighted by molar-refractivity contribution is -0.154. The highest BCUT2D eigenvalue weighted by atomic mass is 32.1. The van der Waals surface area contributed by atoms with Crippen LogP contribution in [0.3, 0.4) is 0 Å². The standard InChI is InChI=1S/C24H21NO8S/c1-8-9-4-5-10(13-3-2-6-34-13)18(27)15(9)20(29)17-14(8)19(28)11-7-12(26)16(23(25)32)21(30)24(11,33)22(17)31/h2-6,8,11,14,19,26-28,31,33H,7H2,1H3,(H2,25,32)/t8-,11+,14+,19+,24+/m0/s1. The van der Waals surface area contributed by atoms with Gasteiger partial charge in [0.15, 0.2) is 11.4 Å². The maximum Gasteiger partial charge on any atom is 0.255 e. The van der Waals surface area contributed by atoms with Gasteiger partial charge in [-0.3, -0.25) is 14.4 Å². The molecule has 5 atom stereocenters. The number of rotatable bonds is 2. The number of carbonyl (C=O) groups is 3. The molecule has 0 saturated carbocycles. The summed E-state index contributed by atoms with van der Waals surface area (Å²) in [5.41, 5.74) is 1.79. The van der Waals surface area contributed by atoms with Crippen molar-refractivity contribution in [1.82, 2.24) is 0 Å². The summed E-state index contributed by atoms with van der Waals surface area (Å²) < 4.78 is 0. The Morgan fingerprint density at radius 2 is 1.88 bits per heavy atom. The van der Waals surface area contributed by atoms with Crippen molar-refractivity contribution in [2.75, 3.05) is 0 Å². The van der Waals surface area contributed by atoms with Crippen molar-refractivity contribution in [2.45, 2.75) is 31.0 Å². The molecule has 176 valence electrons. The lowest BCUT2D eigenvalue weighted by Crippen LogP contribution is -2.62. The fourth-order valence-corrected chi connectivity index (χ4v) is 6.38. The lowest BCUT2D eigenvalue weighted by atomic mass is 9.56. The summed E-state index contributed by atoms with van der Waals surface area (Å²) in [5.74, 6) is -8.63. The first-order valence-corrected chi connectivity index (χ1v) is 11.4. The van der Waals surface area contributed by atoms with Gasteiger partial charge in [-0.05, 0) is 29.0 Å². The minimum Gasteiger partial charge on any atom is -0.511 e. The molecule has 1 heterocycles. The molecular weight excluding hydrogens is 462 g/mol. The predicted molar refractivity (Wildman–Crippen MR) is 120 cm³/mol. The second kappa shape index (κ2) is 7.26. The molecule has 9 nitrogen and oxygen atoms in total. The highest BCUT2D eigenvalue weighted by Gasteiger charge is 2.64. The van der Waals surface area contributed by atoms with Crippen LogP contribution in [0.15, 0.2) is 52.3 Å². The van der Waals surface area contributed by atoms with Crippen LogP contribution in [0.1, 0.15) is 35.2 Å². The minimum absolute atomic E-state index is 0.0952. The van der Waals surface area contributed by atoms with Gasteiger partial charge in [-0.25, -0.2) is 0 Å². The van der Waals surface area contributed by atoms with Crippen molar-refractivity contribution in [3.63, 3.8) is 0 Å².